The number of alkyl halides is 3. The largest absolute Gasteiger partial charge is 0.435 e. The molecule has 0 radical (unpaired) electrons. The minimum Gasteiger partial charge on any atom is -0.317 e. The average Bonchev–Trinajstić information content (AvgIpc) is 3.41. The van der Waals surface area contributed by atoms with Crippen LogP contribution >= 0.6 is 0 Å². The summed E-state index contributed by atoms with van der Waals surface area (Å²) >= 11 is 0. The van der Waals surface area contributed by atoms with E-state index in [4.69, 9.17) is 0 Å². The first-order valence-corrected chi connectivity index (χ1v) is 8.82. The number of hydrogen-bond donors (Lipinski definition) is 1. The Balaban J connectivity index is 1.82. The number of hydrogen-bond acceptors (Lipinski definition) is 4. The number of amides is 1. The second-order valence-corrected chi connectivity index (χ2v) is 6.74. The number of carbonyl (C=O) groups excluding carboxylic acids is 1. The fourth-order valence-electron chi connectivity index (χ4n) is 2.97. The van der Waals surface area contributed by atoms with Crippen LogP contribution in [0.1, 0.15) is 46.2 Å². The van der Waals surface area contributed by atoms with E-state index in [9.17, 15) is 22.4 Å². The molecule has 150 valence electrons. The first-order valence-electron chi connectivity index (χ1n) is 8.82. The topological polar surface area (TPSA) is 72.7 Å². The summed E-state index contributed by atoms with van der Waals surface area (Å²) in [6.07, 6.45) is -4.40. The van der Waals surface area contributed by atoms with Crippen molar-refractivity contribution in [3.05, 3.63) is 65.1 Å². The maximum atomic E-state index is 13.9. The molecule has 1 fully saturated rings. The summed E-state index contributed by atoms with van der Waals surface area (Å²) in [6.45, 7) is 1.43. The summed E-state index contributed by atoms with van der Waals surface area (Å²) in [7, 11) is 0. The molecule has 4 rings (SSSR count). The van der Waals surface area contributed by atoms with Crippen molar-refractivity contribution in [2.24, 2.45) is 0 Å². The Hall–Kier alpha value is -3.30. The average molecular weight is 405 g/mol. The zero-order chi connectivity index (χ0) is 20.8. The molecule has 2 heterocycles. The zero-order valence-corrected chi connectivity index (χ0v) is 15.2. The normalized spacial score (nSPS) is 14.1. The monoisotopic (exact) mass is 405 g/mol. The van der Waals surface area contributed by atoms with Crippen molar-refractivity contribution < 1.29 is 22.4 Å². The van der Waals surface area contributed by atoms with E-state index >= 15 is 0 Å². The van der Waals surface area contributed by atoms with E-state index in [0.29, 0.717) is 18.4 Å². The Morgan fingerprint density at radius 2 is 1.86 bits per heavy atom. The molecule has 1 amide bonds. The van der Waals surface area contributed by atoms with E-state index < -0.39 is 23.9 Å². The first-order chi connectivity index (χ1) is 13.7. The number of nitrogens with zero attached hydrogens (tertiary/aromatic N) is 4. The van der Waals surface area contributed by atoms with Crippen molar-refractivity contribution in [1.82, 2.24) is 19.7 Å². The Kier molecular flexibility index (Phi) is 4.56. The molecule has 1 aliphatic rings. The number of benzene rings is 1. The minimum absolute atomic E-state index is 0.000947. The quantitative estimate of drug-likeness (QED) is 0.520. The number of anilines is 1. The minimum atomic E-state index is -4.66. The van der Waals surface area contributed by atoms with Gasteiger partial charge in [-0.3, -0.25) is 4.79 Å². The Morgan fingerprint density at radius 3 is 2.48 bits per heavy atom. The van der Waals surface area contributed by atoms with Gasteiger partial charge in [-0.05, 0) is 38.0 Å². The molecule has 3 aromatic rings. The van der Waals surface area contributed by atoms with Gasteiger partial charge in [0, 0.05) is 17.2 Å². The van der Waals surface area contributed by atoms with Gasteiger partial charge in [0.15, 0.2) is 11.5 Å². The van der Waals surface area contributed by atoms with Crippen LogP contribution in [0.4, 0.5) is 23.2 Å². The van der Waals surface area contributed by atoms with Crippen LogP contribution in [-0.2, 0) is 6.18 Å². The lowest BCUT2D eigenvalue weighted by Gasteiger charge is -2.14. The second-order valence-electron chi connectivity index (χ2n) is 6.74. The fraction of sp³-hybridized carbons (Fsp3) is 0.263. The van der Waals surface area contributed by atoms with Gasteiger partial charge >= 0.3 is 12.3 Å². The van der Waals surface area contributed by atoms with Gasteiger partial charge in [-0.25, -0.2) is 9.67 Å². The number of nitrogens with one attached hydrogen (secondary N) is 1. The predicted molar refractivity (Wildman–Crippen MR) is 95.2 cm³/mol. The smallest absolute Gasteiger partial charge is 0.317 e. The van der Waals surface area contributed by atoms with Gasteiger partial charge in [-0.1, -0.05) is 18.2 Å². The highest BCUT2D eigenvalue weighted by atomic mass is 19.4. The summed E-state index contributed by atoms with van der Waals surface area (Å²) in [5, 5.41) is 6.20. The third-order valence-electron chi connectivity index (χ3n) is 4.54. The van der Waals surface area contributed by atoms with Crippen molar-refractivity contribution >= 4 is 11.6 Å². The Morgan fingerprint density at radius 1 is 1.17 bits per heavy atom. The standard InChI is InChI=1S/C19H15F4N5O/c1-10-15(25-17(29)12-5-3-2-4-6-12)16(26-18(20)24-10)28-13(11-7-8-11)9-14(27-28)19(21,22)23/h2-6,9,11H,7-8H2,1H3,(H,25,29). The SMILES string of the molecule is Cc1nc(F)nc(-n2nc(C(F)(F)F)cc2C2CC2)c1NC(=O)c1ccccc1. The van der Waals surface area contributed by atoms with Crippen molar-refractivity contribution in [2.45, 2.75) is 31.9 Å². The van der Waals surface area contributed by atoms with Crippen LogP contribution in [-0.4, -0.2) is 25.7 Å². The van der Waals surface area contributed by atoms with Gasteiger partial charge in [0.05, 0.1) is 5.69 Å². The lowest BCUT2D eigenvalue weighted by molar-refractivity contribution is -0.141. The van der Waals surface area contributed by atoms with E-state index in [1.54, 1.807) is 30.3 Å². The van der Waals surface area contributed by atoms with Crippen LogP contribution in [0.5, 0.6) is 0 Å². The maximum Gasteiger partial charge on any atom is 0.435 e. The zero-order valence-electron chi connectivity index (χ0n) is 15.2. The highest BCUT2D eigenvalue weighted by molar-refractivity contribution is 6.05. The van der Waals surface area contributed by atoms with E-state index in [0.717, 1.165) is 10.7 Å². The molecule has 29 heavy (non-hydrogen) atoms. The van der Waals surface area contributed by atoms with Gasteiger partial charge in [-0.2, -0.15) is 27.6 Å². The van der Waals surface area contributed by atoms with Gasteiger partial charge in [0.2, 0.25) is 0 Å². The summed E-state index contributed by atoms with van der Waals surface area (Å²) in [5.41, 5.74) is -0.441. The molecule has 1 saturated carbocycles. The molecule has 0 unspecified atom stereocenters. The second kappa shape index (κ2) is 6.94. The molecule has 6 nitrogen and oxygen atoms in total. The van der Waals surface area contributed by atoms with Crippen molar-refractivity contribution in [3.8, 4) is 5.82 Å². The molecule has 0 atom stereocenters. The van der Waals surface area contributed by atoms with Gasteiger partial charge in [0.1, 0.15) is 5.69 Å². The Bertz CT molecular complexity index is 1070. The first kappa shape index (κ1) is 19.0. The lowest BCUT2D eigenvalue weighted by atomic mass is 10.2. The van der Waals surface area contributed by atoms with Crippen LogP contribution in [0, 0.1) is 13.0 Å². The molecule has 10 heteroatoms. The van der Waals surface area contributed by atoms with Crippen molar-refractivity contribution in [3.63, 3.8) is 0 Å². The van der Waals surface area contributed by atoms with Gasteiger partial charge in [0.25, 0.3) is 5.91 Å². The highest BCUT2D eigenvalue weighted by Gasteiger charge is 2.39. The molecule has 0 bridgehead atoms. The van der Waals surface area contributed by atoms with E-state index in [2.05, 4.69) is 20.4 Å². The molecular weight excluding hydrogens is 390 g/mol. The van der Waals surface area contributed by atoms with E-state index in [-0.39, 0.29) is 28.8 Å². The number of rotatable bonds is 4. The van der Waals surface area contributed by atoms with E-state index in [1.165, 1.54) is 6.92 Å². The molecule has 0 saturated heterocycles. The van der Waals surface area contributed by atoms with Crippen molar-refractivity contribution in [2.75, 3.05) is 5.32 Å². The molecule has 1 aliphatic carbocycles. The maximum absolute atomic E-state index is 13.9. The Labute approximate surface area is 162 Å². The lowest BCUT2D eigenvalue weighted by Crippen LogP contribution is -2.18. The molecule has 0 spiro atoms. The fourth-order valence-corrected chi connectivity index (χ4v) is 2.97. The summed E-state index contributed by atoms with van der Waals surface area (Å²) in [4.78, 5) is 19.8. The molecule has 1 aromatic carbocycles. The third kappa shape index (κ3) is 3.82. The van der Waals surface area contributed by atoms with Crippen molar-refractivity contribution in [1.29, 1.82) is 0 Å². The summed E-state index contributed by atoms with van der Waals surface area (Å²) in [6, 6.07) is 9.14. The molecule has 2 aromatic heterocycles. The molecule has 0 aliphatic heterocycles. The third-order valence-corrected chi connectivity index (χ3v) is 4.54. The number of aromatic nitrogens is 4. The molecular formula is C19H15F4N5O. The highest BCUT2D eigenvalue weighted by Crippen LogP contribution is 2.43. The summed E-state index contributed by atoms with van der Waals surface area (Å²) in [5.74, 6) is -0.896. The molecule has 1 N–H and O–H groups in total. The van der Waals surface area contributed by atoms with Gasteiger partial charge < -0.3 is 5.32 Å². The predicted octanol–water partition coefficient (Wildman–Crippen LogP) is 4.26. The number of halogens is 4. The number of carbonyl (C=O) groups is 1. The van der Waals surface area contributed by atoms with Crippen LogP contribution in [0.3, 0.4) is 0 Å². The van der Waals surface area contributed by atoms with Gasteiger partial charge in [-0.15, -0.1) is 0 Å². The van der Waals surface area contributed by atoms with Crippen LogP contribution in [0.2, 0.25) is 0 Å². The number of aryl methyl sites for hydroxylation is 1. The van der Waals surface area contributed by atoms with Crippen LogP contribution < -0.4 is 5.32 Å². The summed E-state index contributed by atoms with van der Waals surface area (Å²) < 4.78 is 54.6. The van der Waals surface area contributed by atoms with E-state index in [1.807, 2.05) is 0 Å². The van der Waals surface area contributed by atoms with Crippen LogP contribution in [0.25, 0.3) is 5.82 Å². The van der Waals surface area contributed by atoms with Crippen LogP contribution in [0.15, 0.2) is 36.4 Å².